The summed E-state index contributed by atoms with van der Waals surface area (Å²) in [7, 11) is 0. The summed E-state index contributed by atoms with van der Waals surface area (Å²) in [6.45, 7) is 7.05. The summed E-state index contributed by atoms with van der Waals surface area (Å²) >= 11 is 0. The number of H-pyrrole nitrogens is 1. The molecular formula is C17H18N2O. The molecule has 5 rings (SSSR count). The van der Waals surface area contributed by atoms with Gasteiger partial charge in [0.15, 0.2) is 0 Å². The normalized spacial score (nSPS) is 38.0. The van der Waals surface area contributed by atoms with Gasteiger partial charge in [-0.05, 0) is 35.3 Å². The number of nitrogens with one attached hydrogen (secondary N) is 1. The maximum atomic E-state index is 12.7. The molecule has 3 nitrogen and oxygen atoms in total. The summed E-state index contributed by atoms with van der Waals surface area (Å²) < 4.78 is 1.73. The number of aromatic amines is 1. The standard InChI is InChI=1S/C17H18N2O/c1-15(2)16(3)13-12(11-9-17(11,15)16)14(20)19(18-13)10-7-5-4-6-8-10/h4-8,11,18H,9H2,1-3H3/t11-,16+,17?/m1/s1. The molecule has 0 radical (unpaired) electrons. The van der Waals surface area contributed by atoms with Gasteiger partial charge in [-0.2, -0.15) is 0 Å². The average Bonchev–Trinajstić information content (AvgIpc) is 3.16. The first kappa shape index (κ1) is 11.0. The van der Waals surface area contributed by atoms with Crippen molar-refractivity contribution < 1.29 is 0 Å². The number of para-hydroxylation sites is 1. The van der Waals surface area contributed by atoms with Crippen LogP contribution in [0.4, 0.5) is 0 Å². The Hall–Kier alpha value is -1.77. The van der Waals surface area contributed by atoms with Crippen LogP contribution in [0.5, 0.6) is 0 Å². The molecule has 1 spiro atoms. The van der Waals surface area contributed by atoms with Crippen molar-refractivity contribution in [2.24, 2.45) is 10.8 Å². The van der Waals surface area contributed by atoms with E-state index >= 15 is 0 Å². The molecule has 1 unspecified atom stereocenters. The molecule has 3 aliphatic carbocycles. The molecule has 0 amide bonds. The fraction of sp³-hybridized carbons (Fsp3) is 0.471. The molecule has 3 aliphatic rings. The van der Waals surface area contributed by atoms with Crippen LogP contribution >= 0.6 is 0 Å². The summed E-state index contributed by atoms with van der Waals surface area (Å²) in [5, 5.41) is 3.43. The van der Waals surface area contributed by atoms with Gasteiger partial charge < -0.3 is 0 Å². The lowest BCUT2D eigenvalue weighted by atomic mass is 9.92. The second kappa shape index (κ2) is 2.67. The van der Waals surface area contributed by atoms with Gasteiger partial charge in [-0.15, -0.1) is 0 Å². The van der Waals surface area contributed by atoms with Crippen molar-refractivity contribution in [3.8, 4) is 5.69 Å². The molecule has 3 atom stereocenters. The lowest BCUT2D eigenvalue weighted by Crippen LogP contribution is -2.17. The fourth-order valence-corrected chi connectivity index (χ4v) is 5.54. The van der Waals surface area contributed by atoms with E-state index in [0.717, 1.165) is 11.3 Å². The van der Waals surface area contributed by atoms with Gasteiger partial charge in [-0.25, -0.2) is 4.68 Å². The van der Waals surface area contributed by atoms with E-state index in [0.29, 0.717) is 16.7 Å². The third-order valence-corrected chi connectivity index (χ3v) is 6.95. The van der Waals surface area contributed by atoms with E-state index in [4.69, 9.17) is 0 Å². The number of hydrogen-bond donors (Lipinski definition) is 1. The molecule has 0 saturated heterocycles. The zero-order valence-corrected chi connectivity index (χ0v) is 12.0. The summed E-state index contributed by atoms with van der Waals surface area (Å²) in [4.78, 5) is 12.7. The van der Waals surface area contributed by atoms with Crippen LogP contribution in [0.3, 0.4) is 0 Å². The van der Waals surface area contributed by atoms with E-state index in [2.05, 4.69) is 25.9 Å². The Balaban J connectivity index is 1.77. The molecule has 2 saturated carbocycles. The highest BCUT2D eigenvalue weighted by Gasteiger charge is 2.94. The Morgan fingerprint density at radius 2 is 1.90 bits per heavy atom. The zero-order chi connectivity index (χ0) is 13.9. The zero-order valence-electron chi connectivity index (χ0n) is 12.0. The molecule has 1 N–H and O–H groups in total. The molecule has 0 bridgehead atoms. The van der Waals surface area contributed by atoms with Crippen molar-refractivity contribution in [3.63, 3.8) is 0 Å². The lowest BCUT2D eigenvalue weighted by Gasteiger charge is -2.13. The molecule has 2 fully saturated rings. The minimum absolute atomic E-state index is 0.164. The third-order valence-electron chi connectivity index (χ3n) is 6.95. The predicted molar refractivity (Wildman–Crippen MR) is 77.3 cm³/mol. The van der Waals surface area contributed by atoms with Crippen molar-refractivity contribution in [2.75, 3.05) is 0 Å². The number of aromatic nitrogens is 2. The topological polar surface area (TPSA) is 37.8 Å². The van der Waals surface area contributed by atoms with Crippen LogP contribution in [0.15, 0.2) is 35.1 Å². The molecule has 1 heterocycles. The first-order valence-electron chi connectivity index (χ1n) is 7.37. The van der Waals surface area contributed by atoms with E-state index in [9.17, 15) is 4.79 Å². The molecule has 3 heteroatoms. The second-order valence-electron chi connectivity index (χ2n) is 7.35. The molecule has 102 valence electrons. The number of rotatable bonds is 1. The van der Waals surface area contributed by atoms with Crippen molar-refractivity contribution in [1.82, 2.24) is 9.78 Å². The van der Waals surface area contributed by atoms with Gasteiger partial charge in [0.2, 0.25) is 0 Å². The number of hydrogen-bond acceptors (Lipinski definition) is 1. The van der Waals surface area contributed by atoms with Gasteiger partial charge in [0.25, 0.3) is 5.56 Å². The van der Waals surface area contributed by atoms with Crippen molar-refractivity contribution in [2.45, 2.75) is 38.5 Å². The highest BCUT2D eigenvalue weighted by atomic mass is 16.1. The fourth-order valence-electron chi connectivity index (χ4n) is 5.54. The van der Waals surface area contributed by atoms with E-state index in [1.807, 2.05) is 30.3 Å². The molecule has 1 aromatic heterocycles. The van der Waals surface area contributed by atoms with Crippen LogP contribution in [0.2, 0.25) is 0 Å². The monoisotopic (exact) mass is 266 g/mol. The quantitative estimate of drug-likeness (QED) is 0.846. The van der Waals surface area contributed by atoms with E-state index in [1.54, 1.807) is 4.68 Å². The van der Waals surface area contributed by atoms with Gasteiger partial charge in [0, 0.05) is 16.7 Å². The molecule has 2 aromatic rings. The largest absolute Gasteiger partial charge is 0.294 e. The molecule has 20 heavy (non-hydrogen) atoms. The Morgan fingerprint density at radius 1 is 1.20 bits per heavy atom. The number of fused-ring (bicyclic) bond motifs is 3. The molecule has 0 aliphatic heterocycles. The summed E-state index contributed by atoms with van der Waals surface area (Å²) in [5.41, 5.74) is 4.24. The van der Waals surface area contributed by atoms with Crippen LogP contribution in [-0.4, -0.2) is 9.78 Å². The van der Waals surface area contributed by atoms with Crippen molar-refractivity contribution in [1.29, 1.82) is 0 Å². The van der Waals surface area contributed by atoms with E-state index in [-0.39, 0.29) is 11.0 Å². The Morgan fingerprint density at radius 3 is 2.60 bits per heavy atom. The maximum Gasteiger partial charge on any atom is 0.274 e. The van der Waals surface area contributed by atoms with Gasteiger partial charge in [0.05, 0.1) is 5.69 Å². The SMILES string of the molecule is CC1(C)C23C[C@@H]2c2c([nH]n(-c4ccccc4)c2=O)[C@@]13C. The van der Waals surface area contributed by atoms with Gasteiger partial charge in [-0.3, -0.25) is 9.89 Å². The second-order valence-corrected chi connectivity index (χ2v) is 7.35. The van der Waals surface area contributed by atoms with E-state index < -0.39 is 0 Å². The molecular weight excluding hydrogens is 248 g/mol. The van der Waals surface area contributed by atoms with Crippen molar-refractivity contribution in [3.05, 3.63) is 51.9 Å². The first-order valence-corrected chi connectivity index (χ1v) is 7.37. The predicted octanol–water partition coefficient (Wildman–Crippen LogP) is 2.95. The summed E-state index contributed by atoms with van der Waals surface area (Å²) in [6, 6.07) is 9.87. The van der Waals surface area contributed by atoms with Gasteiger partial charge in [0.1, 0.15) is 0 Å². The first-order chi connectivity index (χ1) is 9.47. The maximum absolute atomic E-state index is 12.7. The Kier molecular flexibility index (Phi) is 1.46. The van der Waals surface area contributed by atoms with Crippen molar-refractivity contribution >= 4 is 0 Å². The van der Waals surface area contributed by atoms with Gasteiger partial charge >= 0.3 is 0 Å². The molecule has 1 aromatic carbocycles. The van der Waals surface area contributed by atoms with Crippen LogP contribution in [0.1, 0.15) is 44.4 Å². The Bertz CT molecular complexity index is 813. The lowest BCUT2D eigenvalue weighted by molar-refractivity contribution is 0.495. The Labute approximate surface area is 117 Å². The van der Waals surface area contributed by atoms with Gasteiger partial charge in [-0.1, -0.05) is 39.0 Å². The highest BCUT2D eigenvalue weighted by Crippen LogP contribution is 2.97. The average molecular weight is 266 g/mol. The number of nitrogens with zero attached hydrogens (tertiary/aromatic N) is 1. The van der Waals surface area contributed by atoms with Crippen LogP contribution in [0.25, 0.3) is 5.69 Å². The van der Waals surface area contributed by atoms with Crippen LogP contribution < -0.4 is 5.56 Å². The minimum atomic E-state index is 0.164. The minimum Gasteiger partial charge on any atom is -0.294 e. The number of benzene rings is 1. The highest BCUT2D eigenvalue weighted by molar-refractivity contribution is 5.63. The summed E-state index contributed by atoms with van der Waals surface area (Å²) in [6.07, 6.45) is 1.20. The van der Waals surface area contributed by atoms with Crippen LogP contribution in [-0.2, 0) is 5.41 Å². The van der Waals surface area contributed by atoms with Crippen LogP contribution in [0, 0.1) is 10.8 Å². The third kappa shape index (κ3) is 0.763. The smallest absolute Gasteiger partial charge is 0.274 e. The van der Waals surface area contributed by atoms with E-state index in [1.165, 1.54) is 12.1 Å². The summed E-state index contributed by atoms with van der Waals surface area (Å²) in [5.74, 6) is 0.492.